The van der Waals surface area contributed by atoms with Crippen molar-refractivity contribution < 1.29 is 18.6 Å². The van der Waals surface area contributed by atoms with Gasteiger partial charge < -0.3 is 18.6 Å². The van der Waals surface area contributed by atoms with E-state index in [0.717, 1.165) is 5.69 Å². The van der Waals surface area contributed by atoms with Crippen LogP contribution in [0.3, 0.4) is 0 Å². The van der Waals surface area contributed by atoms with E-state index in [-0.39, 0.29) is 11.1 Å². The van der Waals surface area contributed by atoms with Gasteiger partial charge in [-0.2, -0.15) is 4.98 Å². The Balaban J connectivity index is 1.87. The molecular formula is C16H28N2O4Si. The van der Waals surface area contributed by atoms with Crippen LogP contribution in [-0.4, -0.2) is 50.8 Å². The second-order valence-corrected chi connectivity index (χ2v) is 12.1. The van der Waals surface area contributed by atoms with Crippen LogP contribution in [0.1, 0.15) is 26.5 Å². The molecule has 1 aliphatic heterocycles. The van der Waals surface area contributed by atoms with Crippen LogP contribution in [0.15, 0.2) is 12.3 Å². The summed E-state index contributed by atoms with van der Waals surface area (Å²) in [4.78, 5) is 8.55. The Labute approximate surface area is 139 Å². The molecule has 1 aliphatic rings. The van der Waals surface area contributed by atoms with Crippen molar-refractivity contribution in [3.63, 3.8) is 0 Å². The van der Waals surface area contributed by atoms with Crippen molar-refractivity contribution in [2.45, 2.75) is 51.6 Å². The molecule has 0 amide bonds. The lowest BCUT2D eigenvalue weighted by atomic mass is 10.2. The molecular weight excluding hydrogens is 312 g/mol. The highest BCUT2D eigenvalue weighted by molar-refractivity contribution is 6.74. The minimum Gasteiger partial charge on any atom is -0.461 e. The Morgan fingerprint density at radius 1 is 1.30 bits per heavy atom. The largest absolute Gasteiger partial charge is 0.461 e. The first-order valence-electron chi connectivity index (χ1n) is 8.06. The van der Waals surface area contributed by atoms with Crippen molar-refractivity contribution >= 4 is 8.32 Å². The topological polar surface area (TPSA) is 62.7 Å². The van der Waals surface area contributed by atoms with Crippen LogP contribution >= 0.6 is 0 Å². The van der Waals surface area contributed by atoms with E-state index in [1.807, 2.05) is 6.07 Å². The van der Waals surface area contributed by atoms with Crippen LogP contribution in [0.2, 0.25) is 18.1 Å². The normalized spacial score (nSPS) is 19.6. The van der Waals surface area contributed by atoms with Crippen molar-refractivity contribution in [1.82, 2.24) is 9.97 Å². The van der Waals surface area contributed by atoms with Crippen LogP contribution < -0.4 is 4.74 Å². The van der Waals surface area contributed by atoms with Crippen molar-refractivity contribution in [3.05, 3.63) is 18.0 Å². The summed E-state index contributed by atoms with van der Waals surface area (Å²) >= 11 is 0. The van der Waals surface area contributed by atoms with E-state index >= 15 is 0 Å². The summed E-state index contributed by atoms with van der Waals surface area (Å²) in [7, 11) is -1.79. The second-order valence-electron chi connectivity index (χ2n) is 7.26. The van der Waals surface area contributed by atoms with Gasteiger partial charge in [0.05, 0.1) is 32.1 Å². The fraction of sp³-hybridized carbons (Fsp3) is 0.750. The number of rotatable bonds is 6. The van der Waals surface area contributed by atoms with Crippen LogP contribution in [0.25, 0.3) is 0 Å². The van der Waals surface area contributed by atoms with E-state index in [2.05, 4.69) is 43.8 Å². The van der Waals surface area contributed by atoms with Gasteiger partial charge in [0.25, 0.3) is 0 Å². The summed E-state index contributed by atoms with van der Waals surface area (Å²) in [5.41, 5.74) is 0.834. The van der Waals surface area contributed by atoms with Crippen LogP contribution in [0.4, 0.5) is 0 Å². The summed E-state index contributed by atoms with van der Waals surface area (Å²) in [5, 5.41) is 0.178. The average Bonchev–Trinajstić information content (AvgIpc) is 2.51. The maximum atomic E-state index is 6.18. The second kappa shape index (κ2) is 7.70. The SMILES string of the molecule is CC(C)(C)[Si](C)(C)OCc1ccnc(OCC2COCCO2)n1. The smallest absolute Gasteiger partial charge is 0.316 e. The summed E-state index contributed by atoms with van der Waals surface area (Å²) in [6, 6.07) is 2.22. The van der Waals surface area contributed by atoms with Gasteiger partial charge in [-0.1, -0.05) is 20.8 Å². The molecule has 1 aromatic rings. The fourth-order valence-electron chi connectivity index (χ4n) is 1.80. The molecule has 0 saturated carbocycles. The molecule has 1 saturated heterocycles. The molecule has 1 atom stereocenters. The molecule has 1 fully saturated rings. The van der Waals surface area contributed by atoms with Crippen molar-refractivity contribution in [1.29, 1.82) is 0 Å². The van der Waals surface area contributed by atoms with Crippen LogP contribution in [0.5, 0.6) is 6.01 Å². The molecule has 0 radical (unpaired) electrons. The van der Waals surface area contributed by atoms with Gasteiger partial charge in [-0.05, 0) is 24.2 Å². The lowest BCUT2D eigenvalue weighted by Gasteiger charge is -2.36. The van der Waals surface area contributed by atoms with Gasteiger partial charge in [0.2, 0.25) is 0 Å². The first kappa shape index (κ1) is 18.3. The molecule has 1 aromatic heterocycles. The quantitative estimate of drug-likeness (QED) is 0.742. The van der Waals surface area contributed by atoms with E-state index in [0.29, 0.717) is 39.0 Å². The lowest BCUT2D eigenvalue weighted by molar-refractivity contribution is -0.102. The summed E-state index contributed by atoms with van der Waals surface area (Å²) in [5.74, 6) is 0. The molecule has 2 heterocycles. The third-order valence-electron chi connectivity index (χ3n) is 4.36. The molecule has 130 valence electrons. The molecule has 23 heavy (non-hydrogen) atoms. The number of nitrogens with zero attached hydrogens (tertiary/aromatic N) is 2. The predicted octanol–water partition coefficient (Wildman–Crippen LogP) is 2.79. The number of hydrogen-bond acceptors (Lipinski definition) is 6. The zero-order valence-corrected chi connectivity index (χ0v) is 15.8. The highest BCUT2D eigenvalue weighted by Gasteiger charge is 2.37. The van der Waals surface area contributed by atoms with E-state index < -0.39 is 8.32 Å². The van der Waals surface area contributed by atoms with E-state index in [9.17, 15) is 0 Å². The first-order valence-corrected chi connectivity index (χ1v) is 11.0. The maximum absolute atomic E-state index is 6.18. The number of hydrogen-bond donors (Lipinski definition) is 0. The molecule has 0 N–H and O–H groups in total. The molecule has 0 bridgehead atoms. The highest BCUT2D eigenvalue weighted by atomic mass is 28.4. The minimum absolute atomic E-state index is 0.0560. The van der Waals surface area contributed by atoms with Gasteiger partial charge in [-0.15, -0.1) is 0 Å². The van der Waals surface area contributed by atoms with Crippen molar-refractivity contribution in [2.24, 2.45) is 0 Å². The van der Waals surface area contributed by atoms with E-state index in [1.54, 1.807) is 6.20 Å². The van der Waals surface area contributed by atoms with Gasteiger partial charge in [-0.3, -0.25) is 0 Å². The lowest BCUT2D eigenvalue weighted by Crippen LogP contribution is -2.40. The zero-order chi connectivity index (χ0) is 16.9. The Hall–Kier alpha value is -1.02. The standard InChI is InChI=1S/C16H28N2O4Si/c1-16(2,3)23(4,5)22-10-13-6-7-17-15(18-13)21-12-14-11-19-8-9-20-14/h6-7,14H,8-12H2,1-5H3. The molecule has 0 spiro atoms. The minimum atomic E-state index is -1.79. The third-order valence-corrected chi connectivity index (χ3v) is 8.84. The van der Waals surface area contributed by atoms with Gasteiger partial charge in [-0.25, -0.2) is 4.98 Å². The monoisotopic (exact) mass is 340 g/mol. The number of aromatic nitrogens is 2. The number of ether oxygens (including phenoxy) is 3. The predicted molar refractivity (Wildman–Crippen MR) is 90.1 cm³/mol. The van der Waals surface area contributed by atoms with Gasteiger partial charge >= 0.3 is 6.01 Å². The van der Waals surface area contributed by atoms with E-state index in [1.165, 1.54) is 0 Å². The molecule has 0 aromatic carbocycles. The van der Waals surface area contributed by atoms with Gasteiger partial charge in [0, 0.05) is 6.20 Å². The molecule has 2 rings (SSSR count). The van der Waals surface area contributed by atoms with Gasteiger partial charge in [0.15, 0.2) is 8.32 Å². The molecule has 1 unspecified atom stereocenters. The average molecular weight is 340 g/mol. The zero-order valence-electron chi connectivity index (χ0n) is 14.8. The van der Waals surface area contributed by atoms with Crippen LogP contribution in [0, 0.1) is 0 Å². The Morgan fingerprint density at radius 2 is 2.09 bits per heavy atom. The Bertz CT molecular complexity index is 499. The fourth-order valence-corrected chi connectivity index (χ4v) is 2.74. The highest BCUT2D eigenvalue weighted by Crippen LogP contribution is 2.36. The van der Waals surface area contributed by atoms with Crippen molar-refractivity contribution in [3.8, 4) is 6.01 Å². The first-order chi connectivity index (χ1) is 10.8. The Morgan fingerprint density at radius 3 is 2.74 bits per heavy atom. The summed E-state index contributed by atoms with van der Waals surface area (Å²) in [6.45, 7) is 13.8. The third kappa shape index (κ3) is 5.52. The summed E-state index contributed by atoms with van der Waals surface area (Å²) in [6.07, 6.45) is 1.64. The van der Waals surface area contributed by atoms with Crippen molar-refractivity contribution in [2.75, 3.05) is 26.4 Å². The molecule has 0 aliphatic carbocycles. The molecule has 6 nitrogen and oxygen atoms in total. The maximum Gasteiger partial charge on any atom is 0.316 e. The Kier molecular flexibility index (Phi) is 6.13. The van der Waals surface area contributed by atoms with E-state index in [4.69, 9.17) is 18.6 Å². The van der Waals surface area contributed by atoms with Gasteiger partial charge in [0.1, 0.15) is 12.7 Å². The molecule has 7 heteroatoms. The van der Waals surface area contributed by atoms with Crippen LogP contribution in [-0.2, 0) is 20.5 Å². The summed E-state index contributed by atoms with van der Waals surface area (Å²) < 4.78 is 22.7.